The van der Waals surface area contributed by atoms with Crippen molar-refractivity contribution >= 4 is 0 Å². The standard InChI is InChI=1S/C24H33NO/c1-19(2)18-25(3)16-15-24(21-10-5-4-6-11-21)26-23-14-13-20-9-7-8-12-22(20)17-23/h4-6,10-11,13-14,17,19,24H,7-9,12,15-16,18H2,1-3H3. The van der Waals surface area contributed by atoms with Gasteiger partial charge in [0.25, 0.3) is 0 Å². The monoisotopic (exact) mass is 351 g/mol. The predicted octanol–water partition coefficient (Wildman–Crippen LogP) is 5.66. The van der Waals surface area contributed by atoms with Crippen LogP contribution in [0.15, 0.2) is 48.5 Å². The van der Waals surface area contributed by atoms with Crippen LogP contribution in [0.2, 0.25) is 0 Å². The van der Waals surface area contributed by atoms with E-state index in [-0.39, 0.29) is 6.10 Å². The lowest BCUT2D eigenvalue weighted by Gasteiger charge is -2.25. The van der Waals surface area contributed by atoms with Gasteiger partial charge in [-0.1, -0.05) is 50.2 Å². The zero-order valence-electron chi connectivity index (χ0n) is 16.6. The predicted molar refractivity (Wildman–Crippen MR) is 110 cm³/mol. The third-order valence-electron chi connectivity index (χ3n) is 5.22. The summed E-state index contributed by atoms with van der Waals surface area (Å²) in [5, 5.41) is 0. The van der Waals surface area contributed by atoms with E-state index in [0.717, 1.165) is 25.3 Å². The van der Waals surface area contributed by atoms with E-state index in [4.69, 9.17) is 4.74 Å². The number of aryl methyl sites for hydroxylation is 2. The topological polar surface area (TPSA) is 12.5 Å². The lowest BCUT2D eigenvalue weighted by atomic mass is 9.92. The van der Waals surface area contributed by atoms with E-state index in [0.29, 0.717) is 5.92 Å². The summed E-state index contributed by atoms with van der Waals surface area (Å²) in [6.45, 7) is 6.71. The van der Waals surface area contributed by atoms with Gasteiger partial charge in [-0.05, 0) is 67.5 Å². The first-order chi connectivity index (χ1) is 12.6. The quantitative estimate of drug-likeness (QED) is 0.608. The van der Waals surface area contributed by atoms with E-state index in [1.807, 2.05) is 0 Å². The van der Waals surface area contributed by atoms with Gasteiger partial charge in [-0.25, -0.2) is 0 Å². The Hall–Kier alpha value is -1.80. The number of ether oxygens (including phenoxy) is 1. The van der Waals surface area contributed by atoms with Crippen LogP contribution in [0.3, 0.4) is 0 Å². The maximum absolute atomic E-state index is 6.50. The fourth-order valence-corrected chi connectivity index (χ4v) is 3.96. The highest BCUT2D eigenvalue weighted by atomic mass is 16.5. The van der Waals surface area contributed by atoms with Crippen LogP contribution >= 0.6 is 0 Å². The average molecular weight is 352 g/mol. The Balaban J connectivity index is 1.71. The first-order valence-corrected chi connectivity index (χ1v) is 10.1. The molecule has 1 unspecified atom stereocenters. The molecule has 0 spiro atoms. The van der Waals surface area contributed by atoms with Gasteiger partial charge in [0.05, 0.1) is 0 Å². The normalized spacial score (nSPS) is 15.1. The Morgan fingerprint density at radius 3 is 2.42 bits per heavy atom. The van der Waals surface area contributed by atoms with Gasteiger partial charge in [-0.15, -0.1) is 0 Å². The minimum atomic E-state index is 0.104. The minimum Gasteiger partial charge on any atom is -0.486 e. The van der Waals surface area contributed by atoms with E-state index in [1.165, 1.54) is 42.4 Å². The number of hydrogen-bond acceptors (Lipinski definition) is 2. The smallest absolute Gasteiger partial charge is 0.125 e. The van der Waals surface area contributed by atoms with Crippen molar-refractivity contribution < 1.29 is 4.74 Å². The fraction of sp³-hybridized carbons (Fsp3) is 0.500. The van der Waals surface area contributed by atoms with Crippen molar-refractivity contribution in [3.8, 4) is 5.75 Å². The summed E-state index contributed by atoms with van der Waals surface area (Å²) in [7, 11) is 2.21. The van der Waals surface area contributed by atoms with Crippen LogP contribution in [-0.4, -0.2) is 25.0 Å². The summed E-state index contributed by atoms with van der Waals surface area (Å²) in [4.78, 5) is 2.41. The van der Waals surface area contributed by atoms with Gasteiger partial charge in [0.15, 0.2) is 0 Å². The molecule has 0 radical (unpaired) electrons. The number of fused-ring (bicyclic) bond motifs is 1. The maximum Gasteiger partial charge on any atom is 0.125 e. The zero-order chi connectivity index (χ0) is 18.4. The number of hydrogen-bond donors (Lipinski definition) is 0. The van der Waals surface area contributed by atoms with Crippen molar-refractivity contribution in [2.24, 2.45) is 5.92 Å². The van der Waals surface area contributed by atoms with Crippen molar-refractivity contribution in [3.63, 3.8) is 0 Å². The van der Waals surface area contributed by atoms with Crippen LogP contribution in [0.4, 0.5) is 0 Å². The molecule has 2 aromatic carbocycles. The zero-order valence-corrected chi connectivity index (χ0v) is 16.6. The molecule has 0 amide bonds. The summed E-state index contributed by atoms with van der Waals surface area (Å²) in [5.41, 5.74) is 4.26. The molecule has 0 heterocycles. The molecular formula is C24H33NO. The molecule has 2 heteroatoms. The second kappa shape index (κ2) is 9.23. The molecule has 0 saturated carbocycles. The molecule has 26 heavy (non-hydrogen) atoms. The van der Waals surface area contributed by atoms with Crippen molar-refractivity contribution in [1.82, 2.24) is 4.90 Å². The molecule has 0 aliphatic heterocycles. The first-order valence-electron chi connectivity index (χ1n) is 10.1. The van der Waals surface area contributed by atoms with E-state index >= 15 is 0 Å². The minimum absolute atomic E-state index is 0.104. The van der Waals surface area contributed by atoms with Crippen LogP contribution in [0.1, 0.15) is 55.9 Å². The highest BCUT2D eigenvalue weighted by Gasteiger charge is 2.16. The van der Waals surface area contributed by atoms with Gasteiger partial charge in [-0.2, -0.15) is 0 Å². The SMILES string of the molecule is CC(C)CN(C)CCC(Oc1ccc2c(c1)CCCC2)c1ccccc1. The molecule has 2 nitrogen and oxygen atoms in total. The molecular weight excluding hydrogens is 318 g/mol. The molecule has 0 aromatic heterocycles. The molecule has 140 valence electrons. The van der Waals surface area contributed by atoms with Crippen molar-refractivity contribution in [2.45, 2.75) is 52.1 Å². The van der Waals surface area contributed by atoms with Gasteiger partial charge in [0, 0.05) is 19.5 Å². The van der Waals surface area contributed by atoms with Gasteiger partial charge in [0.2, 0.25) is 0 Å². The molecule has 1 aliphatic rings. The Morgan fingerprint density at radius 2 is 1.69 bits per heavy atom. The fourth-order valence-electron chi connectivity index (χ4n) is 3.96. The summed E-state index contributed by atoms with van der Waals surface area (Å²) in [6.07, 6.45) is 6.15. The van der Waals surface area contributed by atoms with Crippen LogP contribution in [0.5, 0.6) is 5.75 Å². The van der Waals surface area contributed by atoms with Crippen LogP contribution in [0, 0.1) is 5.92 Å². The highest BCUT2D eigenvalue weighted by molar-refractivity contribution is 5.37. The molecule has 1 atom stereocenters. The first kappa shape index (κ1) is 19.0. The average Bonchev–Trinajstić information content (AvgIpc) is 2.65. The van der Waals surface area contributed by atoms with E-state index in [1.54, 1.807) is 0 Å². The van der Waals surface area contributed by atoms with Gasteiger partial charge in [-0.3, -0.25) is 0 Å². The molecule has 0 fully saturated rings. The van der Waals surface area contributed by atoms with E-state index in [9.17, 15) is 0 Å². The van der Waals surface area contributed by atoms with Crippen LogP contribution < -0.4 is 4.74 Å². The lowest BCUT2D eigenvalue weighted by Crippen LogP contribution is -2.26. The van der Waals surface area contributed by atoms with E-state index in [2.05, 4.69) is 74.3 Å². The molecule has 1 aliphatic carbocycles. The third-order valence-corrected chi connectivity index (χ3v) is 5.22. The molecule has 0 bridgehead atoms. The number of rotatable bonds is 8. The van der Waals surface area contributed by atoms with Crippen molar-refractivity contribution in [3.05, 3.63) is 65.2 Å². The Bertz CT molecular complexity index is 680. The Morgan fingerprint density at radius 1 is 0.962 bits per heavy atom. The summed E-state index contributed by atoms with van der Waals surface area (Å²) in [6, 6.07) is 17.4. The largest absolute Gasteiger partial charge is 0.486 e. The van der Waals surface area contributed by atoms with E-state index < -0.39 is 0 Å². The molecule has 3 rings (SSSR count). The van der Waals surface area contributed by atoms with Crippen LogP contribution in [0.25, 0.3) is 0 Å². The van der Waals surface area contributed by atoms with Crippen LogP contribution in [-0.2, 0) is 12.8 Å². The Kier molecular flexibility index (Phi) is 6.73. The Labute approximate surface area is 159 Å². The second-order valence-electron chi connectivity index (χ2n) is 8.10. The maximum atomic E-state index is 6.50. The third kappa shape index (κ3) is 5.35. The number of benzene rings is 2. The van der Waals surface area contributed by atoms with Gasteiger partial charge in [0.1, 0.15) is 11.9 Å². The van der Waals surface area contributed by atoms with Gasteiger partial charge >= 0.3 is 0 Å². The summed E-state index contributed by atoms with van der Waals surface area (Å²) < 4.78 is 6.50. The molecule has 0 saturated heterocycles. The summed E-state index contributed by atoms with van der Waals surface area (Å²) in [5.74, 6) is 1.71. The highest BCUT2D eigenvalue weighted by Crippen LogP contribution is 2.29. The summed E-state index contributed by atoms with van der Waals surface area (Å²) >= 11 is 0. The second-order valence-corrected chi connectivity index (χ2v) is 8.10. The van der Waals surface area contributed by atoms with Crippen molar-refractivity contribution in [2.75, 3.05) is 20.1 Å². The van der Waals surface area contributed by atoms with Gasteiger partial charge < -0.3 is 9.64 Å². The molecule has 2 aromatic rings. The number of nitrogens with zero attached hydrogens (tertiary/aromatic N) is 1. The lowest BCUT2D eigenvalue weighted by molar-refractivity contribution is 0.168. The molecule has 0 N–H and O–H groups in total. The van der Waals surface area contributed by atoms with Crippen molar-refractivity contribution in [1.29, 1.82) is 0 Å².